The molecule has 0 saturated heterocycles. The molecule has 72 valence electrons. The van der Waals surface area contributed by atoms with Gasteiger partial charge >= 0.3 is 0 Å². The van der Waals surface area contributed by atoms with Gasteiger partial charge in [-0.05, 0) is 25.0 Å². The largest absolute Gasteiger partial charge is 0.506 e. The second kappa shape index (κ2) is 2.74. The molecule has 0 amide bonds. The number of phenols is 1. The van der Waals surface area contributed by atoms with Crippen molar-refractivity contribution in [1.82, 2.24) is 9.97 Å². The number of hydrogen-bond donors (Lipinski definition) is 2. The lowest BCUT2D eigenvalue weighted by Gasteiger charge is -2.22. The van der Waals surface area contributed by atoms with E-state index in [9.17, 15) is 5.11 Å². The average molecular weight is 188 g/mol. The Morgan fingerprint density at radius 1 is 1.36 bits per heavy atom. The number of aromatic nitrogens is 2. The number of nitrogens with zero attached hydrogens (tertiary/aromatic N) is 1. The third-order valence-electron chi connectivity index (χ3n) is 3.00. The Bertz CT molecular complexity index is 471. The molecule has 0 radical (unpaired) electrons. The molecule has 0 spiro atoms. The lowest BCUT2D eigenvalue weighted by atomic mass is 9.85. The van der Waals surface area contributed by atoms with Crippen molar-refractivity contribution in [3.8, 4) is 5.75 Å². The summed E-state index contributed by atoms with van der Waals surface area (Å²) in [6.07, 6.45) is 3.74. The molecule has 1 fully saturated rings. The molecule has 1 aromatic carbocycles. The van der Waals surface area contributed by atoms with Gasteiger partial charge in [-0.25, -0.2) is 4.98 Å². The molecule has 1 aliphatic carbocycles. The van der Waals surface area contributed by atoms with Crippen LogP contribution in [0, 0.1) is 0 Å². The third kappa shape index (κ3) is 1.02. The first-order valence-electron chi connectivity index (χ1n) is 5.02. The molecule has 2 aromatic rings. The number of para-hydroxylation sites is 1. The highest BCUT2D eigenvalue weighted by atomic mass is 16.3. The summed E-state index contributed by atoms with van der Waals surface area (Å²) in [5.41, 5.74) is 1.64. The van der Waals surface area contributed by atoms with Gasteiger partial charge in [0.25, 0.3) is 0 Å². The zero-order valence-electron chi connectivity index (χ0n) is 7.83. The summed E-state index contributed by atoms with van der Waals surface area (Å²) in [5, 5.41) is 9.57. The molecule has 0 atom stereocenters. The molecule has 1 heterocycles. The summed E-state index contributed by atoms with van der Waals surface area (Å²) < 4.78 is 0. The standard InChI is InChI=1S/C11H12N2O/c14-9-6-2-5-8-10(9)13-11(12-8)7-3-1-4-7/h2,5-7,14H,1,3-4H2,(H,12,13). The highest BCUT2D eigenvalue weighted by Crippen LogP contribution is 2.36. The van der Waals surface area contributed by atoms with Crippen molar-refractivity contribution in [3.05, 3.63) is 24.0 Å². The van der Waals surface area contributed by atoms with Gasteiger partial charge < -0.3 is 10.1 Å². The highest BCUT2D eigenvalue weighted by molar-refractivity contribution is 5.81. The molecular formula is C11H12N2O. The fraction of sp³-hybridized carbons (Fsp3) is 0.364. The Balaban J connectivity index is 2.15. The van der Waals surface area contributed by atoms with E-state index >= 15 is 0 Å². The van der Waals surface area contributed by atoms with Crippen LogP contribution in [0.3, 0.4) is 0 Å². The average Bonchev–Trinajstić information content (AvgIpc) is 2.46. The maximum Gasteiger partial charge on any atom is 0.143 e. The van der Waals surface area contributed by atoms with Crippen molar-refractivity contribution in [1.29, 1.82) is 0 Å². The van der Waals surface area contributed by atoms with Crippen LogP contribution in [0.5, 0.6) is 5.75 Å². The number of imidazole rings is 1. The van der Waals surface area contributed by atoms with Gasteiger partial charge in [0.05, 0.1) is 5.52 Å². The Kier molecular flexibility index (Phi) is 1.54. The van der Waals surface area contributed by atoms with Crippen LogP contribution < -0.4 is 0 Å². The summed E-state index contributed by atoms with van der Waals surface area (Å²) in [7, 11) is 0. The summed E-state index contributed by atoms with van der Waals surface area (Å²) in [5.74, 6) is 1.89. The van der Waals surface area contributed by atoms with Gasteiger partial charge in [-0.15, -0.1) is 0 Å². The molecule has 0 aliphatic heterocycles. The number of aromatic hydroxyl groups is 1. The molecule has 1 aromatic heterocycles. The lowest BCUT2D eigenvalue weighted by molar-refractivity contribution is 0.404. The van der Waals surface area contributed by atoms with E-state index in [-0.39, 0.29) is 5.75 Å². The summed E-state index contributed by atoms with van der Waals surface area (Å²) in [4.78, 5) is 7.70. The van der Waals surface area contributed by atoms with Crippen molar-refractivity contribution in [2.24, 2.45) is 0 Å². The number of aromatic amines is 1. The molecule has 14 heavy (non-hydrogen) atoms. The number of H-pyrrole nitrogens is 1. The highest BCUT2D eigenvalue weighted by Gasteiger charge is 2.22. The van der Waals surface area contributed by atoms with E-state index in [1.165, 1.54) is 19.3 Å². The number of fused-ring (bicyclic) bond motifs is 1. The minimum absolute atomic E-state index is 0.268. The molecule has 0 unspecified atom stereocenters. The van der Waals surface area contributed by atoms with Gasteiger partial charge in [0, 0.05) is 5.92 Å². The first-order chi connectivity index (χ1) is 6.84. The van der Waals surface area contributed by atoms with Crippen LogP contribution in [0.1, 0.15) is 31.0 Å². The molecule has 1 saturated carbocycles. The van der Waals surface area contributed by atoms with Crippen LogP contribution in [-0.2, 0) is 0 Å². The third-order valence-corrected chi connectivity index (χ3v) is 3.00. The van der Waals surface area contributed by atoms with Crippen LogP contribution in [0.4, 0.5) is 0 Å². The van der Waals surface area contributed by atoms with E-state index in [0.29, 0.717) is 11.4 Å². The molecule has 1 aliphatic rings. The van der Waals surface area contributed by atoms with Gasteiger partial charge in [-0.1, -0.05) is 12.5 Å². The van der Waals surface area contributed by atoms with Crippen LogP contribution in [0.25, 0.3) is 11.0 Å². The SMILES string of the molecule is Oc1cccc2[nH]c(C3CCC3)nc12. The van der Waals surface area contributed by atoms with Crippen molar-refractivity contribution in [3.63, 3.8) is 0 Å². The lowest BCUT2D eigenvalue weighted by Crippen LogP contribution is -2.10. The Morgan fingerprint density at radius 3 is 2.86 bits per heavy atom. The van der Waals surface area contributed by atoms with E-state index in [1.54, 1.807) is 6.07 Å². The van der Waals surface area contributed by atoms with Gasteiger partial charge in [-0.3, -0.25) is 0 Å². The van der Waals surface area contributed by atoms with Gasteiger partial charge in [0.2, 0.25) is 0 Å². The van der Waals surface area contributed by atoms with E-state index < -0.39 is 0 Å². The molecule has 3 rings (SSSR count). The van der Waals surface area contributed by atoms with Crippen molar-refractivity contribution in [2.45, 2.75) is 25.2 Å². The first-order valence-corrected chi connectivity index (χ1v) is 5.02. The monoisotopic (exact) mass is 188 g/mol. The Morgan fingerprint density at radius 2 is 2.21 bits per heavy atom. The number of rotatable bonds is 1. The van der Waals surface area contributed by atoms with Crippen LogP contribution >= 0.6 is 0 Å². The van der Waals surface area contributed by atoms with Gasteiger partial charge in [-0.2, -0.15) is 0 Å². The molecule has 3 nitrogen and oxygen atoms in total. The van der Waals surface area contributed by atoms with E-state index in [4.69, 9.17) is 0 Å². The smallest absolute Gasteiger partial charge is 0.143 e. The van der Waals surface area contributed by atoms with Crippen LogP contribution in [0.2, 0.25) is 0 Å². The molecule has 0 bridgehead atoms. The van der Waals surface area contributed by atoms with Crippen molar-refractivity contribution >= 4 is 11.0 Å². The van der Waals surface area contributed by atoms with Gasteiger partial charge in [0.15, 0.2) is 0 Å². The Labute approximate surface area is 81.8 Å². The summed E-state index contributed by atoms with van der Waals surface area (Å²) >= 11 is 0. The fourth-order valence-electron chi connectivity index (χ4n) is 1.91. The molecule has 2 N–H and O–H groups in total. The van der Waals surface area contributed by atoms with E-state index in [1.807, 2.05) is 12.1 Å². The second-order valence-corrected chi connectivity index (χ2v) is 3.92. The predicted octanol–water partition coefficient (Wildman–Crippen LogP) is 2.54. The molecule has 3 heteroatoms. The van der Waals surface area contributed by atoms with E-state index in [0.717, 1.165) is 11.3 Å². The van der Waals surface area contributed by atoms with E-state index in [2.05, 4.69) is 9.97 Å². The summed E-state index contributed by atoms with van der Waals surface area (Å²) in [6.45, 7) is 0. The van der Waals surface area contributed by atoms with Crippen molar-refractivity contribution in [2.75, 3.05) is 0 Å². The number of hydrogen-bond acceptors (Lipinski definition) is 2. The maximum absolute atomic E-state index is 9.57. The fourth-order valence-corrected chi connectivity index (χ4v) is 1.91. The minimum atomic E-state index is 0.268. The van der Waals surface area contributed by atoms with Crippen LogP contribution in [-0.4, -0.2) is 15.1 Å². The zero-order valence-corrected chi connectivity index (χ0v) is 7.83. The number of phenolic OH excluding ortho intramolecular Hbond substituents is 1. The quantitative estimate of drug-likeness (QED) is 0.722. The van der Waals surface area contributed by atoms with Crippen LogP contribution in [0.15, 0.2) is 18.2 Å². The zero-order chi connectivity index (χ0) is 9.54. The minimum Gasteiger partial charge on any atom is -0.506 e. The first kappa shape index (κ1) is 7.85. The normalized spacial score (nSPS) is 17.1. The van der Waals surface area contributed by atoms with Crippen molar-refractivity contribution < 1.29 is 5.11 Å². The van der Waals surface area contributed by atoms with Gasteiger partial charge in [0.1, 0.15) is 17.1 Å². The maximum atomic E-state index is 9.57. The topological polar surface area (TPSA) is 48.9 Å². The second-order valence-electron chi connectivity index (χ2n) is 3.92. The molecular weight excluding hydrogens is 176 g/mol. The number of benzene rings is 1. The number of nitrogens with one attached hydrogen (secondary N) is 1. The Hall–Kier alpha value is -1.51. The summed E-state index contributed by atoms with van der Waals surface area (Å²) in [6, 6.07) is 5.46. The predicted molar refractivity (Wildman–Crippen MR) is 54.4 cm³/mol.